The molecule has 7 nitrogen and oxygen atoms in total. The maximum absolute atomic E-state index is 10.7. The standard InChI is InChI=1S/C6H11N3O4/c1-3(2)4(5(10)11)7-6(12)8-9-13/h3-4H,1-2H3,(H,10,11)(H2,7,8,12,13). The number of rotatable bonds is 4. The molecule has 0 aliphatic heterocycles. The van der Waals surface area contributed by atoms with Gasteiger partial charge < -0.3 is 10.4 Å². The van der Waals surface area contributed by atoms with Gasteiger partial charge in [0.15, 0.2) is 0 Å². The molecule has 0 aromatic carbocycles. The van der Waals surface area contributed by atoms with Gasteiger partial charge in [0.25, 0.3) is 0 Å². The second kappa shape index (κ2) is 5.07. The van der Waals surface area contributed by atoms with Crippen LogP contribution < -0.4 is 10.7 Å². The minimum atomic E-state index is -1.16. The first-order chi connectivity index (χ1) is 5.99. The third-order valence-corrected chi connectivity index (χ3v) is 1.37. The van der Waals surface area contributed by atoms with Crippen molar-refractivity contribution in [3.05, 3.63) is 4.91 Å². The SMILES string of the molecule is CC(C)C(NC(=O)NN=O)C(=O)O. The summed E-state index contributed by atoms with van der Waals surface area (Å²) in [5, 5.41) is 12.8. The molecule has 0 aliphatic carbocycles. The summed E-state index contributed by atoms with van der Waals surface area (Å²) >= 11 is 0. The molecule has 0 heterocycles. The Morgan fingerprint density at radius 2 is 1.92 bits per heavy atom. The van der Waals surface area contributed by atoms with E-state index >= 15 is 0 Å². The summed E-state index contributed by atoms with van der Waals surface area (Å²) in [6, 6.07) is -1.95. The van der Waals surface area contributed by atoms with Gasteiger partial charge in [-0.05, 0) is 5.92 Å². The highest BCUT2D eigenvalue weighted by Gasteiger charge is 2.23. The molecule has 0 aromatic rings. The van der Waals surface area contributed by atoms with Gasteiger partial charge in [-0.3, -0.25) is 0 Å². The van der Waals surface area contributed by atoms with Crippen molar-refractivity contribution in [2.45, 2.75) is 19.9 Å². The quantitative estimate of drug-likeness (QED) is 0.429. The number of nitrogens with one attached hydrogen (secondary N) is 2. The van der Waals surface area contributed by atoms with Crippen LogP contribution in [0.1, 0.15) is 13.8 Å². The van der Waals surface area contributed by atoms with Gasteiger partial charge in [0.05, 0.1) is 5.29 Å². The highest BCUT2D eigenvalue weighted by Crippen LogP contribution is 2.00. The second-order valence-corrected chi connectivity index (χ2v) is 2.74. The summed E-state index contributed by atoms with van der Waals surface area (Å²) in [4.78, 5) is 30.8. The minimum Gasteiger partial charge on any atom is -0.480 e. The van der Waals surface area contributed by atoms with E-state index in [-0.39, 0.29) is 5.92 Å². The number of hydrogen-bond acceptors (Lipinski definition) is 4. The van der Waals surface area contributed by atoms with Gasteiger partial charge in [0.2, 0.25) is 0 Å². The molecule has 13 heavy (non-hydrogen) atoms. The van der Waals surface area contributed by atoms with Crippen molar-refractivity contribution in [3.63, 3.8) is 0 Å². The molecule has 0 saturated carbocycles. The molecule has 0 aliphatic rings. The first-order valence-electron chi connectivity index (χ1n) is 3.60. The molecule has 0 saturated heterocycles. The first-order valence-corrected chi connectivity index (χ1v) is 3.60. The molecule has 0 rings (SSSR count). The maximum atomic E-state index is 10.7. The molecule has 3 N–H and O–H groups in total. The van der Waals surface area contributed by atoms with Crippen LogP contribution in [0.5, 0.6) is 0 Å². The molecule has 2 amide bonds. The number of aliphatic carboxylic acids is 1. The Hall–Kier alpha value is -1.66. The third-order valence-electron chi connectivity index (χ3n) is 1.37. The predicted octanol–water partition coefficient (Wildman–Crippen LogP) is 0.0762. The van der Waals surface area contributed by atoms with E-state index in [9.17, 15) is 14.5 Å². The predicted molar refractivity (Wildman–Crippen MR) is 43.7 cm³/mol. The lowest BCUT2D eigenvalue weighted by Crippen LogP contribution is -2.47. The maximum Gasteiger partial charge on any atom is 0.338 e. The average molecular weight is 189 g/mol. The van der Waals surface area contributed by atoms with Crippen molar-refractivity contribution in [3.8, 4) is 0 Å². The van der Waals surface area contributed by atoms with Crippen LogP contribution >= 0.6 is 0 Å². The van der Waals surface area contributed by atoms with Crippen LogP contribution in [-0.4, -0.2) is 23.1 Å². The summed E-state index contributed by atoms with van der Waals surface area (Å²) in [6.07, 6.45) is 0. The average Bonchev–Trinajstić information content (AvgIpc) is 1.99. The van der Waals surface area contributed by atoms with Crippen LogP contribution in [-0.2, 0) is 4.79 Å². The number of carbonyl (C=O) groups excluding carboxylic acids is 1. The lowest BCUT2D eigenvalue weighted by Gasteiger charge is -2.16. The molecule has 0 fully saturated rings. The van der Waals surface area contributed by atoms with Gasteiger partial charge >= 0.3 is 12.0 Å². The molecule has 74 valence electrons. The number of nitrogens with zero attached hydrogens (tertiary/aromatic N) is 1. The molecule has 7 heteroatoms. The van der Waals surface area contributed by atoms with E-state index < -0.39 is 18.0 Å². The van der Waals surface area contributed by atoms with Gasteiger partial charge in [-0.15, -0.1) is 4.91 Å². The Balaban J connectivity index is 4.18. The highest BCUT2D eigenvalue weighted by molar-refractivity contribution is 5.82. The second-order valence-electron chi connectivity index (χ2n) is 2.74. The lowest BCUT2D eigenvalue weighted by molar-refractivity contribution is -0.140. The number of hydrogen-bond donors (Lipinski definition) is 3. The van der Waals surface area contributed by atoms with Crippen molar-refractivity contribution >= 4 is 12.0 Å². The monoisotopic (exact) mass is 189 g/mol. The van der Waals surface area contributed by atoms with E-state index in [1.54, 1.807) is 19.3 Å². The van der Waals surface area contributed by atoms with E-state index in [1.165, 1.54) is 0 Å². The smallest absolute Gasteiger partial charge is 0.338 e. The fraction of sp³-hybridized carbons (Fsp3) is 0.667. The number of nitroso groups, excluding NO2 is 1. The zero-order chi connectivity index (χ0) is 10.4. The summed E-state index contributed by atoms with van der Waals surface area (Å²) in [5.41, 5.74) is 1.54. The van der Waals surface area contributed by atoms with Crippen LogP contribution in [0.2, 0.25) is 0 Å². The van der Waals surface area contributed by atoms with Gasteiger partial charge in [-0.1, -0.05) is 13.8 Å². The van der Waals surface area contributed by atoms with E-state index in [0.717, 1.165) is 0 Å². The van der Waals surface area contributed by atoms with Gasteiger partial charge in [-0.2, -0.15) is 5.43 Å². The summed E-state index contributed by atoms with van der Waals surface area (Å²) in [6.45, 7) is 3.26. The first kappa shape index (κ1) is 11.3. The van der Waals surface area contributed by atoms with Gasteiger partial charge in [0.1, 0.15) is 6.04 Å². The summed E-state index contributed by atoms with van der Waals surface area (Å²) < 4.78 is 0. The molecular weight excluding hydrogens is 178 g/mol. The fourth-order valence-electron chi connectivity index (χ4n) is 0.729. The molecule has 0 bridgehead atoms. The Bertz CT molecular complexity index is 216. The normalized spacial score (nSPS) is 11.9. The lowest BCUT2D eigenvalue weighted by atomic mass is 10.1. The fourth-order valence-corrected chi connectivity index (χ4v) is 0.729. The van der Waals surface area contributed by atoms with Crippen LogP contribution in [0, 0.1) is 10.8 Å². The van der Waals surface area contributed by atoms with E-state index in [4.69, 9.17) is 5.11 Å². The number of amides is 2. The topological polar surface area (TPSA) is 108 Å². The van der Waals surface area contributed by atoms with E-state index in [0.29, 0.717) is 0 Å². The number of urea groups is 1. The van der Waals surface area contributed by atoms with Crippen LogP contribution in [0.4, 0.5) is 4.79 Å². The summed E-state index contributed by atoms with van der Waals surface area (Å²) in [7, 11) is 0. The molecule has 1 atom stereocenters. The molecule has 0 aromatic heterocycles. The van der Waals surface area contributed by atoms with Crippen LogP contribution in [0.25, 0.3) is 0 Å². The Morgan fingerprint density at radius 1 is 1.38 bits per heavy atom. The van der Waals surface area contributed by atoms with Gasteiger partial charge in [0, 0.05) is 0 Å². The largest absolute Gasteiger partial charge is 0.480 e. The Labute approximate surface area is 74.4 Å². The third kappa shape index (κ3) is 4.04. The molecule has 0 spiro atoms. The van der Waals surface area contributed by atoms with E-state index in [1.807, 2.05) is 0 Å². The zero-order valence-corrected chi connectivity index (χ0v) is 7.27. The Kier molecular flexibility index (Phi) is 4.42. The van der Waals surface area contributed by atoms with E-state index in [2.05, 4.69) is 10.6 Å². The highest BCUT2D eigenvalue weighted by atomic mass is 16.4. The number of carboxylic acids is 1. The molecule has 1 unspecified atom stereocenters. The van der Waals surface area contributed by atoms with Crippen molar-refractivity contribution in [2.24, 2.45) is 11.2 Å². The number of carboxylic acid groups (broad SMARTS) is 1. The Morgan fingerprint density at radius 3 is 2.23 bits per heavy atom. The van der Waals surface area contributed by atoms with Crippen molar-refractivity contribution in [2.75, 3.05) is 0 Å². The van der Waals surface area contributed by atoms with Gasteiger partial charge in [-0.25, -0.2) is 9.59 Å². The van der Waals surface area contributed by atoms with Crippen LogP contribution in [0.15, 0.2) is 5.29 Å². The van der Waals surface area contributed by atoms with Crippen molar-refractivity contribution in [1.29, 1.82) is 0 Å². The molecule has 0 radical (unpaired) electrons. The van der Waals surface area contributed by atoms with Crippen LogP contribution in [0.3, 0.4) is 0 Å². The zero-order valence-electron chi connectivity index (χ0n) is 7.27. The minimum absolute atomic E-state index is 0.269. The van der Waals surface area contributed by atoms with Crippen molar-refractivity contribution < 1.29 is 14.7 Å². The number of carbonyl (C=O) groups is 2. The summed E-state index contributed by atoms with van der Waals surface area (Å²) in [5.74, 6) is -1.43. The molecular formula is C6H11N3O4. The van der Waals surface area contributed by atoms with Crippen molar-refractivity contribution in [1.82, 2.24) is 10.7 Å².